The minimum Gasteiger partial charge on any atom is -0.340 e. The molecule has 0 spiro atoms. The number of nitrogens with one attached hydrogen (secondary N) is 1. The standard InChI is InChI=1S/C11H20N2O3S.ClH/c14-11(10-4-1-2-5-12-10)13-6-3-8-17(15,16)9-7-13;/h10,12H,1-9H2;1H/t10-;/m1./s1. The van der Waals surface area contributed by atoms with Gasteiger partial charge in [0.2, 0.25) is 5.91 Å². The van der Waals surface area contributed by atoms with Crippen LogP contribution in [0.1, 0.15) is 25.7 Å². The van der Waals surface area contributed by atoms with Crippen LogP contribution < -0.4 is 5.32 Å². The molecule has 1 N–H and O–H groups in total. The van der Waals surface area contributed by atoms with Gasteiger partial charge in [-0.1, -0.05) is 6.42 Å². The Bertz CT molecular complexity index is 380. The third kappa shape index (κ3) is 4.10. The number of sulfone groups is 1. The first kappa shape index (κ1) is 15.7. The van der Waals surface area contributed by atoms with Crippen molar-refractivity contribution in [3.05, 3.63) is 0 Å². The average Bonchev–Trinajstić information content (AvgIpc) is 2.50. The Morgan fingerprint density at radius 1 is 1.11 bits per heavy atom. The molecule has 0 aromatic heterocycles. The van der Waals surface area contributed by atoms with E-state index in [0.29, 0.717) is 19.5 Å². The van der Waals surface area contributed by atoms with Crippen LogP contribution in [-0.4, -0.2) is 56.4 Å². The van der Waals surface area contributed by atoms with Gasteiger partial charge < -0.3 is 10.2 Å². The topological polar surface area (TPSA) is 66.5 Å². The molecule has 2 fully saturated rings. The lowest BCUT2D eigenvalue weighted by Gasteiger charge is -2.28. The van der Waals surface area contributed by atoms with Gasteiger partial charge in [0.15, 0.2) is 9.84 Å². The van der Waals surface area contributed by atoms with Gasteiger partial charge in [-0.15, -0.1) is 12.4 Å². The summed E-state index contributed by atoms with van der Waals surface area (Å²) in [6.07, 6.45) is 3.65. The highest BCUT2D eigenvalue weighted by atomic mass is 35.5. The predicted molar refractivity (Wildman–Crippen MR) is 72.7 cm³/mol. The van der Waals surface area contributed by atoms with Crippen LogP contribution in [-0.2, 0) is 14.6 Å². The van der Waals surface area contributed by atoms with Gasteiger partial charge in [0, 0.05) is 13.1 Å². The highest BCUT2D eigenvalue weighted by molar-refractivity contribution is 7.91. The quantitative estimate of drug-likeness (QED) is 0.750. The molecule has 0 saturated carbocycles. The molecule has 0 unspecified atom stereocenters. The monoisotopic (exact) mass is 296 g/mol. The summed E-state index contributed by atoms with van der Waals surface area (Å²) in [6.45, 7) is 1.83. The lowest BCUT2D eigenvalue weighted by atomic mass is 10.0. The van der Waals surface area contributed by atoms with Crippen molar-refractivity contribution in [2.75, 3.05) is 31.1 Å². The molecule has 2 heterocycles. The molecular weight excluding hydrogens is 276 g/mol. The van der Waals surface area contributed by atoms with Crippen LogP contribution in [0.4, 0.5) is 0 Å². The molecule has 2 saturated heterocycles. The Labute approximate surface area is 115 Å². The summed E-state index contributed by atoms with van der Waals surface area (Å²) < 4.78 is 22.9. The third-order valence-electron chi connectivity index (χ3n) is 3.48. The average molecular weight is 297 g/mol. The first-order valence-corrected chi connectivity index (χ1v) is 8.13. The number of rotatable bonds is 1. The van der Waals surface area contributed by atoms with E-state index < -0.39 is 9.84 Å². The Morgan fingerprint density at radius 2 is 1.89 bits per heavy atom. The summed E-state index contributed by atoms with van der Waals surface area (Å²) in [5, 5.41) is 3.22. The van der Waals surface area contributed by atoms with Gasteiger partial charge in [0.1, 0.15) is 0 Å². The minimum absolute atomic E-state index is 0. The summed E-state index contributed by atoms with van der Waals surface area (Å²) in [5.41, 5.74) is 0. The fourth-order valence-corrected chi connectivity index (χ4v) is 3.71. The van der Waals surface area contributed by atoms with Crippen molar-refractivity contribution in [1.82, 2.24) is 10.2 Å². The number of halogens is 1. The number of amides is 1. The molecule has 106 valence electrons. The second kappa shape index (κ2) is 6.73. The van der Waals surface area contributed by atoms with Gasteiger partial charge in [-0.05, 0) is 25.8 Å². The molecule has 2 rings (SSSR count). The summed E-state index contributed by atoms with van der Waals surface area (Å²) in [5.74, 6) is 0.419. The van der Waals surface area contributed by atoms with E-state index in [2.05, 4.69) is 5.32 Å². The Balaban J connectivity index is 0.00000162. The molecule has 18 heavy (non-hydrogen) atoms. The van der Waals surface area contributed by atoms with Crippen molar-refractivity contribution in [2.24, 2.45) is 0 Å². The number of piperidine rings is 1. The zero-order valence-electron chi connectivity index (χ0n) is 10.4. The van der Waals surface area contributed by atoms with E-state index in [1.54, 1.807) is 4.90 Å². The van der Waals surface area contributed by atoms with Crippen molar-refractivity contribution in [3.63, 3.8) is 0 Å². The van der Waals surface area contributed by atoms with Crippen LogP contribution in [0.25, 0.3) is 0 Å². The van der Waals surface area contributed by atoms with Crippen LogP contribution in [0.15, 0.2) is 0 Å². The van der Waals surface area contributed by atoms with E-state index in [-0.39, 0.29) is 35.9 Å². The van der Waals surface area contributed by atoms with Gasteiger partial charge >= 0.3 is 0 Å². The normalized spacial score (nSPS) is 28.0. The summed E-state index contributed by atoms with van der Waals surface area (Å²) in [6, 6.07) is -0.0930. The van der Waals surface area contributed by atoms with E-state index in [1.165, 1.54) is 0 Å². The van der Waals surface area contributed by atoms with Crippen LogP contribution in [0.3, 0.4) is 0 Å². The van der Waals surface area contributed by atoms with Crippen LogP contribution in [0, 0.1) is 0 Å². The lowest BCUT2D eigenvalue weighted by molar-refractivity contribution is -0.133. The molecule has 0 radical (unpaired) electrons. The van der Waals surface area contributed by atoms with Crippen molar-refractivity contribution in [2.45, 2.75) is 31.7 Å². The highest BCUT2D eigenvalue weighted by Gasteiger charge is 2.28. The molecular formula is C11H21ClN2O3S. The molecule has 0 aromatic rings. The lowest BCUT2D eigenvalue weighted by Crippen LogP contribution is -2.49. The first-order chi connectivity index (χ1) is 8.08. The zero-order valence-corrected chi connectivity index (χ0v) is 12.1. The van der Waals surface area contributed by atoms with E-state index in [9.17, 15) is 13.2 Å². The van der Waals surface area contributed by atoms with Crippen molar-refractivity contribution in [1.29, 1.82) is 0 Å². The van der Waals surface area contributed by atoms with Crippen molar-refractivity contribution in [3.8, 4) is 0 Å². The van der Waals surface area contributed by atoms with Crippen LogP contribution in [0.2, 0.25) is 0 Å². The SMILES string of the molecule is Cl.O=C([C@H]1CCCCN1)N1CCCS(=O)(=O)CC1. The molecule has 1 amide bonds. The summed E-state index contributed by atoms with van der Waals surface area (Å²) >= 11 is 0. The van der Waals surface area contributed by atoms with Gasteiger partial charge in [0.05, 0.1) is 17.5 Å². The van der Waals surface area contributed by atoms with E-state index in [1.807, 2.05) is 0 Å². The number of hydrogen-bond acceptors (Lipinski definition) is 4. The molecule has 1 atom stereocenters. The maximum Gasteiger partial charge on any atom is 0.239 e. The zero-order chi connectivity index (χ0) is 12.3. The van der Waals surface area contributed by atoms with Gasteiger partial charge in [-0.2, -0.15) is 0 Å². The highest BCUT2D eigenvalue weighted by Crippen LogP contribution is 2.12. The molecule has 2 aliphatic rings. The Morgan fingerprint density at radius 3 is 2.56 bits per heavy atom. The van der Waals surface area contributed by atoms with Crippen LogP contribution >= 0.6 is 12.4 Å². The van der Waals surface area contributed by atoms with E-state index in [4.69, 9.17) is 0 Å². The molecule has 0 bridgehead atoms. The van der Waals surface area contributed by atoms with Crippen LogP contribution in [0.5, 0.6) is 0 Å². The number of carbonyl (C=O) groups excluding carboxylic acids is 1. The number of carbonyl (C=O) groups is 1. The molecule has 5 nitrogen and oxygen atoms in total. The van der Waals surface area contributed by atoms with Gasteiger partial charge in [-0.3, -0.25) is 4.79 Å². The largest absolute Gasteiger partial charge is 0.340 e. The summed E-state index contributed by atoms with van der Waals surface area (Å²) in [4.78, 5) is 13.9. The third-order valence-corrected chi connectivity index (χ3v) is 5.19. The molecule has 0 aliphatic carbocycles. The van der Waals surface area contributed by atoms with E-state index >= 15 is 0 Å². The maximum absolute atomic E-state index is 12.2. The summed E-state index contributed by atoms with van der Waals surface area (Å²) in [7, 11) is -2.93. The molecule has 7 heteroatoms. The molecule has 0 aromatic carbocycles. The first-order valence-electron chi connectivity index (χ1n) is 6.31. The van der Waals surface area contributed by atoms with Gasteiger partial charge in [-0.25, -0.2) is 8.42 Å². The minimum atomic E-state index is -2.93. The Kier molecular flexibility index (Phi) is 5.88. The maximum atomic E-state index is 12.2. The fraction of sp³-hybridized carbons (Fsp3) is 0.909. The van der Waals surface area contributed by atoms with Crippen molar-refractivity contribution < 1.29 is 13.2 Å². The van der Waals surface area contributed by atoms with Crippen molar-refractivity contribution >= 4 is 28.2 Å². The smallest absolute Gasteiger partial charge is 0.239 e. The fourth-order valence-electron chi connectivity index (χ4n) is 2.44. The number of nitrogens with zero attached hydrogens (tertiary/aromatic N) is 1. The molecule has 2 aliphatic heterocycles. The van der Waals surface area contributed by atoms with Gasteiger partial charge in [0.25, 0.3) is 0 Å². The van der Waals surface area contributed by atoms with E-state index in [0.717, 1.165) is 25.8 Å². The Hall–Kier alpha value is -0.330. The number of hydrogen-bond donors (Lipinski definition) is 1. The second-order valence-corrected chi connectivity index (χ2v) is 7.14. The predicted octanol–water partition coefficient (Wildman–Crippen LogP) is 0.197. The second-order valence-electron chi connectivity index (χ2n) is 4.83.